The summed E-state index contributed by atoms with van der Waals surface area (Å²) in [4.78, 5) is 11.9. The topological polar surface area (TPSA) is 72.2 Å². The molecule has 0 heterocycles. The molecule has 2 atom stereocenters. The Morgan fingerprint density at radius 1 is 1.50 bits per heavy atom. The van der Waals surface area contributed by atoms with Gasteiger partial charge >= 0.3 is 0 Å². The summed E-state index contributed by atoms with van der Waals surface area (Å²) >= 11 is 5.83. The molecule has 0 aliphatic heterocycles. The fourth-order valence-electron chi connectivity index (χ4n) is 1.47. The summed E-state index contributed by atoms with van der Waals surface area (Å²) in [6.07, 6.45) is 2.32. The highest BCUT2D eigenvalue weighted by Crippen LogP contribution is 2.16. The molecule has 1 aromatic rings. The van der Waals surface area contributed by atoms with E-state index in [1.807, 2.05) is 6.92 Å². The predicted octanol–water partition coefficient (Wildman–Crippen LogP) is 1.81. The van der Waals surface area contributed by atoms with E-state index in [-0.39, 0.29) is 11.9 Å². The SMILES string of the molecule is CC(CCS(C)=O)NC(=O)c1cc(N)cc(Cl)c1. The van der Waals surface area contributed by atoms with Crippen molar-refractivity contribution < 1.29 is 9.00 Å². The van der Waals surface area contributed by atoms with Crippen molar-refractivity contribution in [1.82, 2.24) is 5.32 Å². The summed E-state index contributed by atoms with van der Waals surface area (Å²) in [5.41, 5.74) is 6.51. The Labute approximate surface area is 114 Å². The summed E-state index contributed by atoms with van der Waals surface area (Å²) in [6.45, 7) is 1.87. The van der Waals surface area contributed by atoms with Crippen molar-refractivity contribution in [2.75, 3.05) is 17.7 Å². The Bertz CT molecular complexity index is 445. The lowest BCUT2D eigenvalue weighted by molar-refractivity contribution is 0.0939. The number of benzene rings is 1. The number of hydrogen-bond donors (Lipinski definition) is 2. The first kappa shape index (κ1) is 15.0. The second-order valence-electron chi connectivity index (χ2n) is 4.21. The molecule has 3 N–H and O–H groups in total. The van der Waals surface area contributed by atoms with Crippen LogP contribution >= 0.6 is 11.6 Å². The van der Waals surface area contributed by atoms with Crippen molar-refractivity contribution in [3.63, 3.8) is 0 Å². The minimum absolute atomic E-state index is 0.0402. The van der Waals surface area contributed by atoms with Gasteiger partial charge in [0.15, 0.2) is 0 Å². The van der Waals surface area contributed by atoms with Gasteiger partial charge in [0, 0.05) is 45.1 Å². The van der Waals surface area contributed by atoms with Gasteiger partial charge in [-0.15, -0.1) is 0 Å². The molecule has 0 aliphatic carbocycles. The highest BCUT2D eigenvalue weighted by Gasteiger charge is 2.11. The number of nitrogens with two attached hydrogens (primary N) is 1. The molecule has 0 bridgehead atoms. The molecule has 0 spiro atoms. The molecule has 1 rings (SSSR count). The zero-order chi connectivity index (χ0) is 13.7. The van der Waals surface area contributed by atoms with Crippen LogP contribution in [-0.2, 0) is 10.8 Å². The molecule has 2 unspecified atom stereocenters. The molecule has 1 amide bonds. The number of anilines is 1. The molecular formula is C12H17ClN2O2S. The molecule has 6 heteroatoms. The Kier molecular flexibility index (Phi) is 5.62. The summed E-state index contributed by atoms with van der Waals surface area (Å²) in [7, 11) is -0.845. The number of carbonyl (C=O) groups is 1. The van der Waals surface area contributed by atoms with Crippen LogP contribution in [0.3, 0.4) is 0 Å². The smallest absolute Gasteiger partial charge is 0.251 e. The largest absolute Gasteiger partial charge is 0.399 e. The predicted molar refractivity (Wildman–Crippen MR) is 76.3 cm³/mol. The van der Waals surface area contributed by atoms with E-state index in [2.05, 4.69) is 5.32 Å². The van der Waals surface area contributed by atoms with Gasteiger partial charge in [-0.25, -0.2) is 0 Å². The zero-order valence-corrected chi connectivity index (χ0v) is 12.0. The van der Waals surface area contributed by atoms with Crippen LogP contribution in [0, 0.1) is 0 Å². The highest BCUT2D eigenvalue weighted by molar-refractivity contribution is 7.84. The number of carbonyl (C=O) groups excluding carboxylic acids is 1. The van der Waals surface area contributed by atoms with Crippen molar-refractivity contribution >= 4 is 34.0 Å². The van der Waals surface area contributed by atoms with Crippen LogP contribution in [-0.4, -0.2) is 28.2 Å². The van der Waals surface area contributed by atoms with Crippen molar-refractivity contribution in [3.05, 3.63) is 28.8 Å². The van der Waals surface area contributed by atoms with E-state index in [4.69, 9.17) is 17.3 Å². The number of rotatable bonds is 5. The molecule has 0 radical (unpaired) electrons. The van der Waals surface area contributed by atoms with E-state index in [0.29, 0.717) is 28.4 Å². The van der Waals surface area contributed by atoms with Crippen LogP contribution in [0.2, 0.25) is 5.02 Å². The van der Waals surface area contributed by atoms with Gasteiger partial charge < -0.3 is 11.1 Å². The summed E-state index contributed by atoms with van der Waals surface area (Å²) < 4.78 is 11.0. The Hall–Kier alpha value is -1.07. The van der Waals surface area contributed by atoms with Crippen LogP contribution in [0.15, 0.2) is 18.2 Å². The van der Waals surface area contributed by atoms with Crippen molar-refractivity contribution in [2.45, 2.75) is 19.4 Å². The van der Waals surface area contributed by atoms with Gasteiger partial charge in [0.1, 0.15) is 0 Å². The van der Waals surface area contributed by atoms with E-state index in [0.717, 1.165) is 0 Å². The minimum atomic E-state index is -0.845. The molecule has 0 saturated carbocycles. The second-order valence-corrected chi connectivity index (χ2v) is 6.20. The monoisotopic (exact) mass is 288 g/mol. The van der Waals surface area contributed by atoms with E-state index >= 15 is 0 Å². The maximum atomic E-state index is 11.9. The third-order valence-electron chi connectivity index (χ3n) is 2.40. The summed E-state index contributed by atoms with van der Waals surface area (Å²) in [6, 6.07) is 4.69. The van der Waals surface area contributed by atoms with Gasteiger partial charge in [-0.05, 0) is 31.5 Å². The third-order valence-corrected chi connectivity index (χ3v) is 3.43. The lowest BCUT2D eigenvalue weighted by atomic mass is 10.1. The van der Waals surface area contributed by atoms with Crippen LogP contribution in [0.1, 0.15) is 23.7 Å². The molecule has 0 saturated heterocycles. The third kappa shape index (κ3) is 5.06. The normalized spacial score (nSPS) is 13.9. The second kappa shape index (κ2) is 6.75. The molecule has 4 nitrogen and oxygen atoms in total. The Morgan fingerprint density at radius 2 is 2.17 bits per heavy atom. The molecule has 100 valence electrons. The first-order chi connectivity index (χ1) is 8.38. The maximum absolute atomic E-state index is 11.9. The molecule has 0 fully saturated rings. The van der Waals surface area contributed by atoms with Crippen molar-refractivity contribution in [3.8, 4) is 0 Å². The number of nitrogens with one attached hydrogen (secondary N) is 1. The van der Waals surface area contributed by atoms with E-state index in [9.17, 15) is 9.00 Å². The first-order valence-corrected chi connectivity index (χ1v) is 7.66. The van der Waals surface area contributed by atoms with Gasteiger partial charge in [-0.3, -0.25) is 9.00 Å². The van der Waals surface area contributed by atoms with Gasteiger partial charge in [0.2, 0.25) is 0 Å². The first-order valence-electron chi connectivity index (χ1n) is 5.55. The van der Waals surface area contributed by atoms with Crippen LogP contribution < -0.4 is 11.1 Å². The van der Waals surface area contributed by atoms with Gasteiger partial charge in [-0.2, -0.15) is 0 Å². The lowest BCUT2D eigenvalue weighted by Gasteiger charge is -2.13. The summed E-state index contributed by atoms with van der Waals surface area (Å²) in [5, 5.41) is 3.25. The molecule has 18 heavy (non-hydrogen) atoms. The van der Waals surface area contributed by atoms with Gasteiger partial charge in [0.05, 0.1) is 0 Å². The lowest BCUT2D eigenvalue weighted by Crippen LogP contribution is -2.33. The Morgan fingerprint density at radius 3 is 2.72 bits per heavy atom. The van der Waals surface area contributed by atoms with Crippen LogP contribution in [0.4, 0.5) is 5.69 Å². The average molecular weight is 289 g/mol. The van der Waals surface area contributed by atoms with Gasteiger partial charge in [-0.1, -0.05) is 11.6 Å². The van der Waals surface area contributed by atoms with Gasteiger partial charge in [0.25, 0.3) is 5.91 Å². The van der Waals surface area contributed by atoms with Crippen LogP contribution in [0.5, 0.6) is 0 Å². The minimum Gasteiger partial charge on any atom is -0.399 e. The highest BCUT2D eigenvalue weighted by atomic mass is 35.5. The van der Waals surface area contributed by atoms with E-state index in [1.54, 1.807) is 24.5 Å². The molecule has 0 aliphatic rings. The Balaban J connectivity index is 2.61. The average Bonchev–Trinajstić information content (AvgIpc) is 2.25. The fraction of sp³-hybridized carbons (Fsp3) is 0.417. The van der Waals surface area contributed by atoms with E-state index in [1.165, 1.54) is 0 Å². The van der Waals surface area contributed by atoms with E-state index < -0.39 is 10.8 Å². The van der Waals surface area contributed by atoms with Crippen molar-refractivity contribution in [1.29, 1.82) is 0 Å². The molecule has 1 aromatic carbocycles. The number of hydrogen-bond acceptors (Lipinski definition) is 3. The number of halogens is 1. The zero-order valence-electron chi connectivity index (χ0n) is 10.4. The molecule has 0 aromatic heterocycles. The fourth-order valence-corrected chi connectivity index (χ4v) is 2.39. The van der Waals surface area contributed by atoms with Crippen LogP contribution in [0.25, 0.3) is 0 Å². The number of nitrogen functional groups attached to an aromatic ring is 1. The molecular weight excluding hydrogens is 272 g/mol. The summed E-state index contributed by atoms with van der Waals surface area (Å²) in [5.74, 6) is 0.345. The number of amides is 1. The quantitative estimate of drug-likeness (QED) is 0.812. The van der Waals surface area contributed by atoms with Crippen molar-refractivity contribution in [2.24, 2.45) is 0 Å². The maximum Gasteiger partial charge on any atom is 0.251 e. The standard InChI is InChI=1S/C12H17ClN2O2S/c1-8(3-4-18(2)17)15-12(16)9-5-10(13)7-11(14)6-9/h5-8H,3-4,14H2,1-2H3,(H,15,16).